The number of rotatable bonds is 8. The lowest BCUT2D eigenvalue weighted by Crippen LogP contribution is -2.05. The van der Waals surface area contributed by atoms with Crippen LogP contribution in [0.25, 0.3) is 0 Å². The molecule has 0 saturated heterocycles. The maximum Gasteiger partial charge on any atom is 0.192 e. The molecule has 2 aromatic rings. The molecule has 0 fully saturated rings. The van der Waals surface area contributed by atoms with Crippen LogP contribution in [0.3, 0.4) is 0 Å². The highest BCUT2D eigenvalue weighted by molar-refractivity contribution is 6.13. The fraction of sp³-hybridized carbons (Fsp3) is 0.143. The zero-order valence-electron chi connectivity index (χ0n) is 21.7. The number of carbonyl (C=O) groups excluding carboxylic acids is 2. The van der Waals surface area contributed by atoms with Crippen LogP contribution in [0.5, 0.6) is 11.5 Å². The van der Waals surface area contributed by atoms with Crippen LogP contribution < -0.4 is 4.74 Å². The zero-order chi connectivity index (χ0) is 26.9. The number of hydrogen-bond donors (Lipinski definition) is 0. The van der Waals surface area contributed by atoms with Crippen LogP contribution in [0.4, 0.5) is 0 Å². The Bertz CT molecular complexity index is 1470. The molecule has 0 bridgehead atoms. The molecule has 5 rings (SSSR count). The first-order valence-corrected chi connectivity index (χ1v) is 13.3. The van der Waals surface area contributed by atoms with Crippen molar-refractivity contribution in [3.05, 3.63) is 155 Å². The third-order valence-electron chi connectivity index (χ3n) is 6.58. The summed E-state index contributed by atoms with van der Waals surface area (Å²) in [5.41, 5.74) is 2.49. The molecule has 0 aliphatic heterocycles. The van der Waals surface area contributed by atoms with Crippen molar-refractivity contribution in [1.29, 1.82) is 0 Å². The molecule has 2 aromatic carbocycles. The Morgan fingerprint density at radius 2 is 1.38 bits per heavy atom. The van der Waals surface area contributed by atoms with Crippen LogP contribution in [0, 0.1) is 0 Å². The standard InChI is InChI=1S/C35H30O4/c36-34(28-12-9-17-32(23-20-28)38-30-13-4-1-2-5-14-30)26-10-8-11-27(19-18-26)35(37)29-21-24-33(25-22-29)39-31-15-6-3-7-16-31/h1-4,6-7,10-11,13-16,18-25H,5,8-9,12,17H2. The minimum atomic E-state index is -0.0879. The largest absolute Gasteiger partial charge is 0.462 e. The average Bonchev–Trinajstić information content (AvgIpc) is 3.47. The van der Waals surface area contributed by atoms with Crippen molar-refractivity contribution in [2.45, 2.75) is 32.1 Å². The summed E-state index contributed by atoms with van der Waals surface area (Å²) >= 11 is 0. The molecule has 0 radical (unpaired) electrons. The van der Waals surface area contributed by atoms with Gasteiger partial charge in [-0.2, -0.15) is 0 Å². The molecule has 39 heavy (non-hydrogen) atoms. The summed E-state index contributed by atoms with van der Waals surface area (Å²) in [5.74, 6) is 2.99. The fourth-order valence-corrected chi connectivity index (χ4v) is 4.49. The van der Waals surface area contributed by atoms with Gasteiger partial charge < -0.3 is 9.47 Å². The Morgan fingerprint density at radius 1 is 0.641 bits per heavy atom. The third kappa shape index (κ3) is 6.99. The number of ketones is 2. The monoisotopic (exact) mass is 514 g/mol. The van der Waals surface area contributed by atoms with E-state index in [0.717, 1.165) is 42.1 Å². The molecule has 0 atom stereocenters. The van der Waals surface area contributed by atoms with Crippen molar-refractivity contribution in [3.8, 4) is 11.5 Å². The summed E-state index contributed by atoms with van der Waals surface area (Å²) < 4.78 is 11.9. The first-order valence-electron chi connectivity index (χ1n) is 13.3. The van der Waals surface area contributed by atoms with E-state index in [1.165, 1.54) is 0 Å². The molecule has 0 spiro atoms. The number of ether oxygens (including phenoxy) is 2. The number of hydrogen-bond acceptors (Lipinski definition) is 4. The van der Waals surface area contributed by atoms with E-state index < -0.39 is 0 Å². The smallest absolute Gasteiger partial charge is 0.192 e. The van der Waals surface area contributed by atoms with E-state index in [9.17, 15) is 9.59 Å². The first-order chi connectivity index (χ1) is 19.2. The second-order valence-corrected chi connectivity index (χ2v) is 9.40. The molecule has 0 heterocycles. The lowest BCUT2D eigenvalue weighted by atomic mass is 9.98. The molecular weight excluding hydrogens is 484 g/mol. The number of benzene rings is 2. The maximum absolute atomic E-state index is 13.3. The molecule has 0 unspecified atom stereocenters. The summed E-state index contributed by atoms with van der Waals surface area (Å²) in [4.78, 5) is 26.5. The van der Waals surface area contributed by atoms with Gasteiger partial charge in [-0.05, 0) is 80.3 Å². The SMILES string of the molecule is O=C(C1=CCC=C(C(=O)c2ccc(Oc3ccccc3)cc2)C=C1)C1=CC=C(OC2=CCC=CC=C2)CCC1. The molecule has 4 nitrogen and oxygen atoms in total. The van der Waals surface area contributed by atoms with Gasteiger partial charge in [-0.25, -0.2) is 0 Å². The van der Waals surface area contributed by atoms with Crippen LogP contribution in [-0.4, -0.2) is 11.6 Å². The highest BCUT2D eigenvalue weighted by atomic mass is 16.5. The zero-order valence-corrected chi connectivity index (χ0v) is 21.7. The van der Waals surface area contributed by atoms with Crippen molar-refractivity contribution >= 4 is 11.6 Å². The van der Waals surface area contributed by atoms with Gasteiger partial charge in [0.1, 0.15) is 23.0 Å². The predicted molar refractivity (Wildman–Crippen MR) is 154 cm³/mol. The molecule has 3 aliphatic rings. The lowest BCUT2D eigenvalue weighted by Gasteiger charge is -2.09. The van der Waals surface area contributed by atoms with Crippen molar-refractivity contribution in [1.82, 2.24) is 0 Å². The second-order valence-electron chi connectivity index (χ2n) is 9.40. The number of carbonyl (C=O) groups is 2. The van der Waals surface area contributed by atoms with Crippen LogP contribution in [0.15, 0.2) is 150 Å². The summed E-state index contributed by atoms with van der Waals surface area (Å²) in [6, 6.07) is 16.6. The van der Waals surface area contributed by atoms with Gasteiger partial charge in [-0.1, -0.05) is 66.8 Å². The molecule has 0 aromatic heterocycles. The molecule has 0 saturated carbocycles. The van der Waals surface area contributed by atoms with Gasteiger partial charge in [0.05, 0.1) is 0 Å². The number of allylic oxidation sites excluding steroid dienone is 15. The van der Waals surface area contributed by atoms with Crippen LogP contribution in [-0.2, 0) is 9.53 Å². The van der Waals surface area contributed by atoms with Gasteiger partial charge >= 0.3 is 0 Å². The summed E-state index contributed by atoms with van der Waals surface area (Å²) in [7, 11) is 0. The third-order valence-corrected chi connectivity index (χ3v) is 6.58. The quantitative estimate of drug-likeness (QED) is 0.332. The van der Waals surface area contributed by atoms with Gasteiger partial charge in [0.25, 0.3) is 0 Å². The topological polar surface area (TPSA) is 52.6 Å². The van der Waals surface area contributed by atoms with Gasteiger partial charge in [0, 0.05) is 28.7 Å². The molecule has 194 valence electrons. The van der Waals surface area contributed by atoms with Crippen LogP contribution >= 0.6 is 0 Å². The Labute approximate surface area is 229 Å². The molecule has 4 heteroatoms. The Balaban J connectivity index is 1.22. The summed E-state index contributed by atoms with van der Waals surface area (Å²) in [5, 5.41) is 0. The summed E-state index contributed by atoms with van der Waals surface area (Å²) in [6.07, 6.45) is 24.7. The second kappa shape index (κ2) is 12.7. The lowest BCUT2D eigenvalue weighted by molar-refractivity contribution is -0.112. The summed E-state index contributed by atoms with van der Waals surface area (Å²) in [6.45, 7) is 0. The highest BCUT2D eigenvalue weighted by Crippen LogP contribution is 2.26. The van der Waals surface area contributed by atoms with Crippen molar-refractivity contribution in [3.63, 3.8) is 0 Å². The Hall–Kier alpha value is -4.70. The predicted octanol–water partition coefficient (Wildman–Crippen LogP) is 8.45. The molecule has 0 amide bonds. The van der Waals surface area contributed by atoms with E-state index in [2.05, 4.69) is 6.08 Å². The van der Waals surface area contributed by atoms with Gasteiger partial charge in [-0.3, -0.25) is 9.59 Å². The van der Waals surface area contributed by atoms with Crippen molar-refractivity contribution in [2.24, 2.45) is 0 Å². The van der Waals surface area contributed by atoms with Gasteiger partial charge in [0.15, 0.2) is 11.6 Å². The normalized spacial score (nSPS) is 16.9. The van der Waals surface area contributed by atoms with E-state index >= 15 is 0 Å². The molecule has 3 aliphatic carbocycles. The van der Waals surface area contributed by atoms with Crippen molar-refractivity contribution in [2.75, 3.05) is 0 Å². The Morgan fingerprint density at radius 3 is 2.18 bits per heavy atom. The number of Topliss-reactive ketones (excluding diaryl/α,β-unsaturated/α-hetero) is 2. The average molecular weight is 515 g/mol. The van der Waals surface area contributed by atoms with E-state index in [1.54, 1.807) is 36.4 Å². The van der Waals surface area contributed by atoms with Crippen LogP contribution in [0.1, 0.15) is 42.5 Å². The van der Waals surface area contributed by atoms with E-state index in [4.69, 9.17) is 9.47 Å². The van der Waals surface area contributed by atoms with E-state index in [0.29, 0.717) is 35.3 Å². The fourth-order valence-electron chi connectivity index (χ4n) is 4.49. The first kappa shape index (κ1) is 25.9. The van der Waals surface area contributed by atoms with E-state index in [1.807, 2.05) is 78.9 Å². The molecule has 0 N–H and O–H groups in total. The Kier molecular flexibility index (Phi) is 8.44. The highest BCUT2D eigenvalue weighted by Gasteiger charge is 2.18. The molecular formula is C35H30O4. The van der Waals surface area contributed by atoms with Crippen LogP contribution in [0.2, 0.25) is 0 Å². The van der Waals surface area contributed by atoms with Gasteiger partial charge in [0.2, 0.25) is 0 Å². The maximum atomic E-state index is 13.3. The van der Waals surface area contributed by atoms with Crippen molar-refractivity contribution < 1.29 is 19.1 Å². The van der Waals surface area contributed by atoms with Gasteiger partial charge in [-0.15, -0.1) is 0 Å². The minimum absolute atomic E-state index is 0.00830. The minimum Gasteiger partial charge on any atom is -0.462 e. The van der Waals surface area contributed by atoms with E-state index in [-0.39, 0.29) is 11.6 Å². The number of para-hydroxylation sites is 1.